The summed E-state index contributed by atoms with van der Waals surface area (Å²) >= 11 is 1.54. The van der Waals surface area contributed by atoms with E-state index in [2.05, 4.69) is 46.6 Å². The highest BCUT2D eigenvalue weighted by atomic mass is 32.1. The van der Waals surface area contributed by atoms with E-state index in [1.807, 2.05) is 12.1 Å². The summed E-state index contributed by atoms with van der Waals surface area (Å²) in [5.41, 5.74) is 5.12. The summed E-state index contributed by atoms with van der Waals surface area (Å²) < 4.78 is 16.0. The van der Waals surface area contributed by atoms with Crippen LogP contribution in [-0.4, -0.2) is 43.7 Å². The molecule has 130 valence electrons. The highest BCUT2D eigenvalue weighted by Crippen LogP contribution is 2.26. The topological polar surface area (TPSA) is 53.5 Å². The zero-order chi connectivity index (χ0) is 17.3. The standard InChI is InChI=1S/C19H20N2O3S/c1-22-10-11-23-12-13-24-18-8-6-16(7-9-18)15-2-4-17(5-3-15)19-21-20-14-25-19/h2-9,14H,10-13H2,1H3. The highest BCUT2D eigenvalue weighted by molar-refractivity contribution is 7.12. The van der Waals surface area contributed by atoms with E-state index >= 15 is 0 Å². The molecule has 0 radical (unpaired) electrons. The molecule has 25 heavy (non-hydrogen) atoms. The van der Waals surface area contributed by atoms with Gasteiger partial charge in [-0.05, 0) is 23.3 Å². The molecule has 0 aliphatic heterocycles. The first-order chi connectivity index (χ1) is 12.4. The fraction of sp³-hybridized carbons (Fsp3) is 0.263. The molecule has 0 bridgehead atoms. The van der Waals surface area contributed by atoms with E-state index in [1.54, 1.807) is 12.6 Å². The third kappa shape index (κ3) is 5.09. The minimum atomic E-state index is 0.527. The lowest BCUT2D eigenvalue weighted by Gasteiger charge is -2.08. The zero-order valence-electron chi connectivity index (χ0n) is 14.1. The smallest absolute Gasteiger partial charge is 0.147 e. The van der Waals surface area contributed by atoms with Gasteiger partial charge in [0.2, 0.25) is 0 Å². The Morgan fingerprint density at radius 1 is 0.800 bits per heavy atom. The van der Waals surface area contributed by atoms with Crippen molar-refractivity contribution in [1.82, 2.24) is 10.2 Å². The van der Waals surface area contributed by atoms with Crippen LogP contribution in [0.1, 0.15) is 0 Å². The minimum Gasteiger partial charge on any atom is -0.491 e. The normalized spacial score (nSPS) is 10.8. The Kier molecular flexibility index (Phi) is 6.50. The summed E-state index contributed by atoms with van der Waals surface area (Å²) in [7, 11) is 1.66. The largest absolute Gasteiger partial charge is 0.491 e. The molecule has 5 nitrogen and oxygen atoms in total. The van der Waals surface area contributed by atoms with Gasteiger partial charge in [-0.15, -0.1) is 10.2 Å². The van der Waals surface area contributed by atoms with Gasteiger partial charge >= 0.3 is 0 Å². The van der Waals surface area contributed by atoms with Crippen molar-refractivity contribution in [3.05, 3.63) is 54.0 Å². The van der Waals surface area contributed by atoms with Gasteiger partial charge in [-0.3, -0.25) is 0 Å². The van der Waals surface area contributed by atoms with Crippen LogP contribution in [0.4, 0.5) is 0 Å². The maximum Gasteiger partial charge on any atom is 0.147 e. The van der Waals surface area contributed by atoms with Crippen LogP contribution in [0.15, 0.2) is 54.0 Å². The molecule has 0 saturated heterocycles. The first kappa shape index (κ1) is 17.5. The van der Waals surface area contributed by atoms with E-state index in [-0.39, 0.29) is 0 Å². The van der Waals surface area contributed by atoms with Crippen LogP contribution in [0.5, 0.6) is 5.75 Å². The number of nitrogens with zero attached hydrogens (tertiary/aromatic N) is 2. The van der Waals surface area contributed by atoms with Crippen molar-refractivity contribution in [3.63, 3.8) is 0 Å². The van der Waals surface area contributed by atoms with Crippen molar-refractivity contribution in [2.75, 3.05) is 33.5 Å². The lowest BCUT2D eigenvalue weighted by molar-refractivity contribution is 0.0544. The van der Waals surface area contributed by atoms with Crippen molar-refractivity contribution in [2.45, 2.75) is 0 Å². The van der Waals surface area contributed by atoms with Gasteiger partial charge in [-0.2, -0.15) is 0 Å². The molecular formula is C19H20N2O3S. The van der Waals surface area contributed by atoms with E-state index < -0.39 is 0 Å². The molecule has 0 amide bonds. The molecule has 0 spiro atoms. The number of methoxy groups -OCH3 is 1. The van der Waals surface area contributed by atoms with E-state index in [1.165, 1.54) is 11.3 Å². The number of ether oxygens (including phenoxy) is 3. The van der Waals surface area contributed by atoms with Gasteiger partial charge in [-0.25, -0.2) is 0 Å². The molecule has 2 aromatic carbocycles. The molecule has 3 rings (SSSR count). The lowest BCUT2D eigenvalue weighted by Crippen LogP contribution is -2.09. The Hall–Kier alpha value is -2.28. The zero-order valence-corrected chi connectivity index (χ0v) is 14.9. The molecule has 0 fully saturated rings. The average Bonchev–Trinajstić information content (AvgIpc) is 3.20. The summed E-state index contributed by atoms with van der Waals surface area (Å²) in [5.74, 6) is 0.838. The van der Waals surface area contributed by atoms with Gasteiger partial charge in [0, 0.05) is 12.7 Å². The lowest BCUT2D eigenvalue weighted by atomic mass is 10.0. The van der Waals surface area contributed by atoms with Crippen LogP contribution >= 0.6 is 11.3 Å². The van der Waals surface area contributed by atoms with E-state index in [0.717, 1.165) is 27.4 Å². The third-order valence-electron chi connectivity index (χ3n) is 3.61. The Balaban J connectivity index is 1.53. The van der Waals surface area contributed by atoms with Crippen LogP contribution in [0, 0.1) is 0 Å². The Morgan fingerprint density at radius 3 is 2.08 bits per heavy atom. The Bertz CT molecular complexity index is 743. The van der Waals surface area contributed by atoms with Crippen molar-refractivity contribution in [3.8, 4) is 27.4 Å². The molecule has 0 unspecified atom stereocenters. The summed E-state index contributed by atoms with van der Waals surface area (Å²) in [5, 5.41) is 8.89. The number of benzene rings is 2. The van der Waals surface area contributed by atoms with Gasteiger partial charge in [0.05, 0.1) is 19.8 Å². The number of aromatic nitrogens is 2. The van der Waals surface area contributed by atoms with Gasteiger partial charge in [0.15, 0.2) is 0 Å². The third-order valence-corrected chi connectivity index (χ3v) is 4.35. The molecule has 0 N–H and O–H groups in total. The second-order valence-corrected chi connectivity index (χ2v) is 6.13. The number of hydrogen-bond donors (Lipinski definition) is 0. The van der Waals surface area contributed by atoms with Crippen molar-refractivity contribution < 1.29 is 14.2 Å². The Morgan fingerprint density at radius 2 is 1.44 bits per heavy atom. The van der Waals surface area contributed by atoms with E-state index in [4.69, 9.17) is 14.2 Å². The quantitative estimate of drug-likeness (QED) is 0.544. The van der Waals surface area contributed by atoms with Crippen molar-refractivity contribution in [2.24, 2.45) is 0 Å². The second kappa shape index (κ2) is 9.27. The molecule has 0 aliphatic rings. The monoisotopic (exact) mass is 356 g/mol. The minimum absolute atomic E-state index is 0.527. The summed E-state index contributed by atoms with van der Waals surface area (Å²) in [6.45, 7) is 2.27. The predicted molar refractivity (Wildman–Crippen MR) is 99.0 cm³/mol. The van der Waals surface area contributed by atoms with Gasteiger partial charge in [0.25, 0.3) is 0 Å². The SMILES string of the molecule is COCCOCCOc1ccc(-c2ccc(-c3nncs3)cc2)cc1. The van der Waals surface area contributed by atoms with E-state index in [9.17, 15) is 0 Å². The fourth-order valence-corrected chi connectivity index (χ4v) is 2.87. The predicted octanol–water partition coefficient (Wildman–Crippen LogP) is 3.91. The van der Waals surface area contributed by atoms with Crippen LogP contribution < -0.4 is 4.74 Å². The van der Waals surface area contributed by atoms with Crippen molar-refractivity contribution >= 4 is 11.3 Å². The highest BCUT2D eigenvalue weighted by Gasteiger charge is 2.03. The number of hydrogen-bond acceptors (Lipinski definition) is 6. The van der Waals surface area contributed by atoms with E-state index in [0.29, 0.717) is 26.4 Å². The van der Waals surface area contributed by atoms with Crippen molar-refractivity contribution in [1.29, 1.82) is 0 Å². The van der Waals surface area contributed by atoms with Crippen LogP contribution in [0.25, 0.3) is 21.7 Å². The molecule has 3 aromatic rings. The molecule has 0 aliphatic carbocycles. The van der Waals surface area contributed by atoms with Gasteiger partial charge < -0.3 is 14.2 Å². The second-order valence-electron chi connectivity index (χ2n) is 5.30. The molecule has 0 saturated carbocycles. The first-order valence-corrected chi connectivity index (χ1v) is 8.91. The molecular weight excluding hydrogens is 336 g/mol. The maximum atomic E-state index is 5.67. The van der Waals surface area contributed by atoms with Crippen LogP contribution in [-0.2, 0) is 9.47 Å². The summed E-state index contributed by atoms with van der Waals surface area (Å²) in [6, 6.07) is 16.4. The Labute approximate surface area is 151 Å². The first-order valence-electron chi connectivity index (χ1n) is 8.03. The summed E-state index contributed by atoms with van der Waals surface area (Å²) in [4.78, 5) is 0. The molecule has 1 aromatic heterocycles. The van der Waals surface area contributed by atoms with Gasteiger partial charge in [0.1, 0.15) is 22.9 Å². The molecule has 1 heterocycles. The van der Waals surface area contributed by atoms with Gasteiger partial charge in [-0.1, -0.05) is 47.7 Å². The number of rotatable bonds is 9. The van der Waals surface area contributed by atoms with Crippen LogP contribution in [0.2, 0.25) is 0 Å². The average molecular weight is 356 g/mol. The molecule has 6 heteroatoms. The summed E-state index contributed by atoms with van der Waals surface area (Å²) in [6.07, 6.45) is 0. The fourth-order valence-electron chi connectivity index (χ4n) is 2.31. The maximum absolute atomic E-state index is 5.67. The van der Waals surface area contributed by atoms with Crippen LogP contribution in [0.3, 0.4) is 0 Å². The molecule has 0 atom stereocenters.